The Morgan fingerprint density at radius 1 is 1.35 bits per heavy atom. The maximum atomic E-state index is 5.77. The van der Waals surface area contributed by atoms with Gasteiger partial charge in [0.1, 0.15) is 11.6 Å². The van der Waals surface area contributed by atoms with E-state index in [4.69, 9.17) is 10.5 Å². The second kappa shape index (κ2) is 4.51. The molecule has 0 unspecified atom stereocenters. The van der Waals surface area contributed by atoms with E-state index in [1.807, 2.05) is 0 Å². The fourth-order valence-electron chi connectivity index (χ4n) is 1.59. The minimum atomic E-state index is -0.107. The molecule has 2 N–H and O–H groups in total. The fraction of sp³-hybridized carbons (Fsp3) is 0.692. The van der Waals surface area contributed by atoms with E-state index in [1.54, 1.807) is 6.07 Å². The number of aromatic nitrogens is 2. The molecule has 0 aromatic carbocycles. The van der Waals surface area contributed by atoms with Crippen LogP contribution in [0, 0.1) is 5.92 Å². The highest BCUT2D eigenvalue weighted by Crippen LogP contribution is 2.32. The van der Waals surface area contributed by atoms with Crippen molar-refractivity contribution >= 4 is 5.82 Å². The van der Waals surface area contributed by atoms with Crippen LogP contribution < -0.4 is 10.5 Å². The summed E-state index contributed by atoms with van der Waals surface area (Å²) in [7, 11) is 0. The molecule has 94 valence electrons. The normalized spacial score (nSPS) is 15.9. The number of nitrogen functional groups attached to an aromatic ring is 1. The van der Waals surface area contributed by atoms with Crippen LogP contribution in [0.25, 0.3) is 0 Å². The lowest BCUT2D eigenvalue weighted by molar-refractivity contribution is 0.288. The van der Waals surface area contributed by atoms with Crippen LogP contribution in [0.5, 0.6) is 5.88 Å². The van der Waals surface area contributed by atoms with Gasteiger partial charge in [0.2, 0.25) is 5.88 Å². The molecule has 0 aliphatic heterocycles. The van der Waals surface area contributed by atoms with E-state index in [0.29, 0.717) is 11.7 Å². The monoisotopic (exact) mass is 235 g/mol. The molecule has 4 heteroatoms. The lowest BCUT2D eigenvalue weighted by atomic mass is 9.96. The molecule has 2 rings (SSSR count). The molecule has 0 atom stereocenters. The largest absolute Gasteiger partial charge is 0.478 e. The molecule has 1 aliphatic rings. The molecular formula is C13H21N3O. The van der Waals surface area contributed by atoms with Crippen molar-refractivity contribution in [1.29, 1.82) is 0 Å². The van der Waals surface area contributed by atoms with E-state index in [0.717, 1.165) is 24.8 Å². The summed E-state index contributed by atoms with van der Waals surface area (Å²) in [6.45, 7) is 6.92. The van der Waals surface area contributed by atoms with Gasteiger partial charge in [-0.05, 0) is 12.3 Å². The second-order valence-electron chi connectivity index (χ2n) is 5.79. The Morgan fingerprint density at radius 2 is 2.06 bits per heavy atom. The number of nitrogens with two attached hydrogens (primary N) is 1. The van der Waals surface area contributed by atoms with Gasteiger partial charge in [-0.2, -0.15) is 4.98 Å². The summed E-state index contributed by atoms with van der Waals surface area (Å²) < 4.78 is 5.64. The van der Waals surface area contributed by atoms with Gasteiger partial charge in [0.05, 0.1) is 6.61 Å². The van der Waals surface area contributed by atoms with Crippen LogP contribution in [-0.4, -0.2) is 16.6 Å². The Morgan fingerprint density at radius 3 is 2.65 bits per heavy atom. The first-order chi connectivity index (χ1) is 7.95. The van der Waals surface area contributed by atoms with Crippen molar-refractivity contribution in [3.63, 3.8) is 0 Å². The quantitative estimate of drug-likeness (QED) is 0.871. The summed E-state index contributed by atoms with van der Waals surface area (Å²) in [6, 6.07) is 1.70. The summed E-state index contributed by atoms with van der Waals surface area (Å²) >= 11 is 0. The summed E-state index contributed by atoms with van der Waals surface area (Å²) in [5.41, 5.74) is 5.66. The third-order valence-electron chi connectivity index (χ3n) is 2.87. The maximum absolute atomic E-state index is 5.77. The molecule has 0 spiro atoms. The van der Waals surface area contributed by atoms with Gasteiger partial charge in [0.15, 0.2) is 0 Å². The standard InChI is InChI=1S/C13H21N3O/c1-13(2,3)12-15-10(14)8-11(16-12)17-7-6-9-4-5-9/h8-9H,4-7H2,1-3H3,(H2,14,15,16). The third-order valence-corrected chi connectivity index (χ3v) is 2.87. The Hall–Kier alpha value is -1.32. The minimum Gasteiger partial charge on any atom is -0.478 e. The Labute approximate surface area is 103 Å². The zero-order chi connectivity index (χ0) is 12.5. The predicted octanol–water partition coefficient (Wildman–Crippen LogP) is 2.54. The number of hydrogen-bond donors (Lipinski definition) is 1. The van der Waals surface area contributed by atoms with Gasteiger partial charge in [0, 0.05) is 11.5 Å². The first-order valence-corrected chi connectivity index (χ1v) is 6.23. The highest BCUT2D eigenvalue weighted by Gasteiger charge is 2.22. The molecule has 1 saturated carbocycles. The Kier molecular flexibility index (Phi) is 3.22. The molecular weight excluding hydrogens is 214 g/mol. The van der Waals surface area contributed by atoms with E-state index in [9.17, 15) is 0 Å². The lowest BCUT2D eigenvalue weighted by Gasteiger charge is -2.17. The molecule has 17 heavy (non-hydrogen) atoms. The molecule has 1 aromatic heterocycles. The maximum Gasteiger partial charge on any atom is 0.218 e. The van der Waals surface area contributed by atoms with Crippen LogP contribution in [0.4, 0.5) is 5.82 Å². The average Bonchev–Trinajstić information content (AvgIpc) is 2.99. The van der Waals surface area contributed by atoms with Crippen LogP contribution in [0.2, 0.25) is 0 Å². The molecule has 1 fully saturated rings. The first kappa shape index (κ1) is 12.1. The number of rotatable bonds is 4. The minimum absolute atomic E-state index is 0.107. The Bertz CT molecular complexity index is 394. The highest BCUT2D eigenvalue weighted by atomic mass is 16.5. The average molecular weight is 235 g/mol. The van der Waals surface area contributed by atoms with Crippen LogP contribution in [0.1, 0.15) is 45.9 Å². The van der Waals surface area contributed by atoms with Crippen LogP contribution in [0.15, 0.2) is 6.07 Å². The number of hydrogen-bond acceptors (Lipinski definition) is 4. The van der Waals surface area contributed by atoms with E-state index >= 15 is 0 Å². The van der Waals surface area contributed by atoms with E-state index in [2.05, 4.69) is 30.7 Å². The summed E-state index contributed by atoms with van der Waals surface area (Å²) in [4.78, 5) is 8.66. The Balaban J connectivity index is 2.02. The first-order valence-electron chi connectivity index (χ1n) is 6.23. The van der Waals surface area contributed by atoms with Crippen molar-refractivity contribution in [3.8, 4) is 5.88 Å². The molecule has 1 aliphatic carbocycles. The number of nitrogens with zero attached hydrogens (tertiary/aromatic N) is 2. The van der Waals surface area contributed by atoms with Gasteiger partial charge < -0.3 is 10.5 Å². The summed E-state index contributed by atoms with van der Waals surface area (Å²) in [5.74, 6) is 2.68. The molecule has 4 nitrogen and oxygen atoms in total. The van der Waals surface area contributed by atoms with Crippen LogP contribution >= 0.6 is 0 Å². The molecule has 0 saturated heterocycles. The molecule has 1 heterocycles. The van der Waals surface area contributed by atoms with Gasteiger partial charge in [0.25, 0.3) is 0 Å². The van der Waals surface area contributed by atoms with Gasteiger partial charge in [-0.25, -0.2) is 4.98 Å². The van der Waals surface area contributed by atoms with Crippen molar-refractivity contribution in [2.45, 2.75) is 45.4 Å². The van der Waals surface area contributed by atoms with E-state index < -0.39 is 0 Å². The number of anilines is 1. The molecule has 0 amide bonds. The van der Waals surface area contributed by atoms with Crippen molar-refractivity contribution in [3.05, 3.63) is 11.9 Å². The number of ether oxygens (including phenoxy) is 1. The molecule has 0 radical (unpaired) electrons. The van der Waals surface area contributed by atoms with Crippen LogP contribution in [0.3, 0.4) is 0 Å². The zero-order valence-corrected chi connectivity index (χ0v) is 10.9. The van der Waals surface area contributed by atoms with E-state index in [-0.39, 0.29) is 5.41 Å². The lowest BCUT2D eigenvalue weighted by Crippen LogP contribution is -2.17. The summed E-state index contributed by atoms with van der Waals surface area (Å²) in [5, 5.41) is 0. The predicted molar refractivity (Wildman–Crippen MR) is 68.0 cm³/mol. The van der Waals surface area contributed by atoms with Crippen LogP contribution in [-0.2, 0) is 5.41 Å². The fourth-order valence-corrected chi connectivity index (χ4v) is 1.59. The van der Waals surface area contributed by atoms with Gasteiger partial charge in [-0.1, -0.05) is 33.6 Å². The van der Waals surface area contributed by atoms with Gasteiger partial charge in [-0.15, -0.1) is 0 Å². The van der Waals surface area contributed by atoms with E-state index in [1.165, 1.54) is 12.8 Å². The second-order valence-corrected chi connectivity index (χ2v) is 5.79. The summed E-state index contributed by atoms with van der Waals surface area (Å²) in [6.07, 6.45) is 3.82. The smallest absolute Gasteiger partial charge is 0.218 e. The third kappa shape index (κ3) is 3.58. The van der Waals surface area contributed by atoms with Crippen molar-refractivity contribution < 1.29 is 4.74 Å². The van der Waals surface area contributed by atoms with Gasteiger partial charge in [-0.3, -0.25) is 0 Å². The SMILES string of the molecule is CC(C)(C)c1nc(N)cc(OCCC2CC2)n1. The van der Waals surface area contributed by atoms with Crippen molar-refractivity contribution in [1.82, 2.24) is 9.97 Å². The zero-order valence-electron chi connectivity index (χ0n) is 10.9. The van der Waals surface area contributed by atoms with Crippen molar-refractivity contribution in [2.75, 3.05) is 12.3 Å². The van der Waals surface area contributed by atoms with Crippen molar-refractivity contribution in [2.24, 2.45) is 5.92 Å². The highest BCUT2D eigenvalue weighted by molar-refractivity contribution is 5.34. The van der Waals surface area contributed by atoms with Gasteiger partial charge >= 0.3 is 0 Å². The topological polar surface area (TPSA) is 61.0 Å². The molecule has 1 aromatic rings. The molecule has 0 bridgehead atoms.